The number of hydrogen-bond acceptors (Lipinski definition) is 11. The Balaban J connectivity index is 2.87. The number of unbranched alkanes of at least 4 members (excludes halogenated alkanes) is 3. The minimum Gasteiger partial charge on any atom is -0.479 e. The molecule has 0 amide bonds. The van der Waals surface area contributed by atoms with Gasteiger partial charge in [0.15, 0.2) is 24.6 Å². The van der Waals surface area contributed by atoms with Crippen molar-refractivity contribution in [3.63, 3.8) is 0 Å². The largest absolute Gasteiger partial charge is 0.479 e. The number of carbonyl (C=O) groups excluding carboxylic acids is 3. The maximum Gasteiger partial charge on any atom is 0.335 e. The number of carboxylic acid groups (broad SMARTS) is 1. The highest BCUT2D eigenvalue weighted by atomic mass is 16.7. The van der Waals surface area contributed by atoms with Crippen LogP contribution in [0, 0.1) is 0 Å². The number of carboxylic acids is 1. The summed E-state index contributed by atoms with van der Waals surface area (Å²) in [5, 5.41) is 31.3. The van der Waals surface area contributed by atoms with Gasteiger partial charge in [0.25, 0.3) is 0 Å². The Kier molecular flexibility index (Phi) is 41.0. The van der Waals surface area contributed by atoms with Crippen LogP contribution in [-0.2, 0) is 42.9 Å². The summed E-state index contributed by atoms with van der Waals surface area (Å²) in [6, 6.07) is 0. The standard InChI is InChI=1S/C59H86O12/c1-4-7-10-13-16-19-22-25-26-29-30-33-36-39-42-45-51(60)67-48-50(69-52(61)46-43-40-37-34-31-27-23-20-17-14-11-8-5-2)49-68-59-57(55(64)54(63)56(71-59)58(65)66)70-53(62)47-44-41-38-35-32-28-24-21-18-15-12-9-6-3/h7-12,16-21,25-28,30-33,38-39,41-42,50,54-57,59,63-64H,4-6,13-15,22-24,29,34-37,40,43-49H2,1-3H3,(H,65,66)/b10-7-,11-8-,12-9-,19-16-,20-17-,21-18-,26-25-,31-27-,32-28-,33-30-,41-38-,42-39-. The van der Waals surface area contributed by atoms with Crippen LogP contribution in [0.2, 0.25) is 0 Å². The average molecular weight is 987 g/mol. The number of hydrogen-bond donors (Lipinski definition) is 3. The third-order valence-corrected chi connectivity index (χ3v) is 10.4. The van der Waals surface area contributed by atoms with Crippen LogP contribution in [0.15, 0.2) is 146 Å². The molecular weight excluding hydrogens is 901 g/mol. The fraction of sp³-hybridized carbons (Fsp3) is 0.525. The smallest absolute Gasteiger partial charge is 0.335 e. The molecule has 0 radical (unpaired) electrons. The Morgan fingerprint density at radius 2 is 0.915 bits per heavy atom. The molecule has 394 valence electrons. The van der Waals surface area contributed by atoms with E-state index in [-0.39, 0.29) is 19.3 Å². The van der Waals surface area contributed by atoms with Crippen LogP contribution in [0.4, 0.5) is 0 Å². The van der Waals surface area contributed by atoms with Gasteiger partial charge in [0.1, 0.15) is 18.8 Å². The minimum absolute atomic E-state index is 0.0366. The molecule has 0 spiro atoms. The summed E-state index contributed by atoms with van der Waals surface area (Å²) in [5.41, 5.74) is 0. The second-order valence-corrected chi connectivity index (χ2v) is 16.7. The van der Waals surface area contributed by atoms with E-state index in [1.54, 1.807) is 6.08 Å². The Hall–Kier alpha value is -5.40. The van der Waals surface area contributed by atoms with Crippen molar-refractivity contribution in [3.05, 3.63) is 146 Å². The molecule has 0 aromatic carbocycles. The molecule has 12 nitrogen and oxygen atoms in total. The number of ether oxygens (including phenoxy) is 5. The molecule has 1 aliphatic heterocycles. The van der Waals surface area contributed by atoms with Gasteiger partial charge in [-0.1, -0.05) is 173 Å². The fourth-order valence-electron chi connectivity index (χ4n) is 6.58. The van der Waals surface area contributed by atoms with E-state index in [1.165, 1.54) is 0 Å². The molecule has 1 heterocycles. The number of aliphatic hydroxyl groups excluding tert-OH is 2. The maximum absolute atomic E-state index is 13.1. The van der Waals surface area contributed by atoms with E-state index in [0.717, 1.165) is 83.5 Å². The highest BCUT2D eigenvalue weighted by molar-refractivity contribution is 5.74. The highest BCUT2D eigenvalue weighted by Gasteiger charge is 2.50. The predicted molar refractivity (Wildman–Crippen MR) is 284 cm³/mol. The summed E-state index contributed by atoms with van der Waals surface area (Å²) in [6.07, 6.45) is 53.1. The van der Waals surface area contributed by atoms with E-state index in [9.17, 15) is 34.5 Å². The monoisotopic (exact) mass is 987 g/mol. The van der Waals surface area contributed by atoms with Crippen molar-refractivity contribution in [2.75, 3.05) is 13.2 Å². The fourth-order valence-corrected chi connectivity index (χ4v) is 6.58. The second kappa shape index (κ2) is 45.7. The maximum atomic E-state index is 13.1. The van der Waals surface area contributed by atoms with Crippen molar-refractivity contribution >= 4 is 23.9 Å². The third-order valence-electron chi connectivity index (χ3n) is 10.4. The van der Waals surface area contributed by atoms with Gasteiger partial charge in [-0.3, -0.25) is 14.4 Å². The van der Waals surface area contributed by atoms with E-state index in [2.05, 4.69) is 124 Å². The Morgan fingerprint density at radius 1 is 0.479 bits per heavy atom. The normalized spacial score (nSPS) is 19.7. The second-order valence-electron chi connectivity index (χ2n) is 16.7. The highest BCUT2D eigenvalue weighted by Crippen LogP contribution is 2.26. The van der Waals surface area contributed by atoms with E-state index >= 15 is 0 Å². The lowest BCUT2D eigenvalue weighted by Gasteiger charge is -2.40. The molecule has 1 rings (SSSR count). The average Bonchev–Trinajstić information content (AvgIpc) is 3.35. The van der Waals surface area contributed by atoms with Gasteiger partial charge in [0.05, 0.1) is 13.0 Å². The molecule has 0 saturated carbocycles. The molecule has 6 atom stereocenters. The van der Waals surface area contributed by atoms with Crippen LogP contribution in [0.25, 0.3) is 0 Å². The number of rotatable bonds is 40. The lowest BCUT2D eigenvalue weighted by molar-refractivity contribution is -0.301. The molecule has 3 N–H and O–H groups in total. The summed E-state index contributed by atoms with van der Waals surface area (Å²) < 4.78 is 28.0. The van der Waals surface area contributed by atoms with Crippen molar-refractivity contribution in [1.29, 1.82) is 0 Å². The van der Waals surface area contributed by atoms with Gasteiger partial charge in [0.2, 0.25) is 0 Å². The van der Waals surface area contributed by atoms with E-state index in [1.807, 2.05) is 36.5 Å². The number of aliphatic hydroxyl groups is 2. The summed E-state index contributed by atoms with van der Waals surface area (Å²) in [7, 11) is 0. The van der Waals surface area contributed by atoms with Crippen molar-refractivity contribution in [1.82, 2.24) is 0 Å². The van der Waals surface area contributed by atoms with Crippen LogP contribution in [0.5, 0.6) is 0 Å². The zero-order valence-electron chi connectivity index (χ0n) is 42.9. The molecule has 0 aromatic rings. The molecule has 71 heavy (non-hydrogen) atoms. The number of esters is 3. The van der Waals surface area contributed by atoms with Crippen LogP contribution in [0.3, 0.4) is 0 Å². The predicted octanol–water partition coefficient (Wildman–Crippen LogP) is 12.4. The lowest BCUT2D eigenvalue weighted by atomic mass is 9.98. The zero-order valence-corrected chi connectivity index (χ0v) is 42.9. The summed E-state index contributed by atoms with van der Waals surface area (Å²) >= 11 is 0. The van der Waals surface area contributed by atoms with E-state index in [4.69, 9.17) is 23.7 Å². The van der Waals surface area contributed by atoms with Crippen molar-refractivity contribution in [3.8, 4) is 0 Å². The SMILES string of the molecule is CC/C=C\C/C=C\C/C=C\C/C=C\C/C=C\CC(=O)OCC(COC1OC(C(=O)O)C(O)C(O)C1OC(=O)CC/C=C\C/C=C\C/C=C\C/C=C\CC)OC(=O)CCCCC/C=C\C/C=C\C/C=C\CC. The Morgan fingerprint density at radius 3 is 1.38 bits per heavy atom. The molecule has 12 heteroatoms. The lowest BCUT2D eigenvalue weighted by Crippen LogP contribution is -2.61. The van der Waals surface area contributed by atoms with Gasteiger partial charge in [-0.15, -0.1) is 0 Å². The van der Waals surface area contributed by atoms with Crippen molar-refractivity contribution in [2.24, 2.45) is 0 Å². The molecule has 0 bridgehead atoms. The molecular formula is C59H86O12. The first-order chi connectivity index (χ1) is 34.6. The molecule has 1 fully saturated rings. The summed E-state index contributed by atoms with van der Waals surface area (Å²) in [6.45, 7) is 5.44. The molecule has 1 aliphatic rings. The third kappa shape index (κ3) is 36.2. The minimum atomic E-state index is -1.95. The van der Waals surface area contributed by atoms with Crippen LogP contribution >= 0.6 is 0 Å². The van der Waals surface area contributed by atoms with Gasteiger partial charge < -0.3 is 39.0 Å². The van der Waals surface area contributed by atoms with Gasteiger partial charge in [0, 0.05) is 12.8 Å². The zero-order chi connectivity index (χ0) is 51.8. The quantitative estimate of drug-likeness (QED) is 0.0230. The molecule has 6 unspecified atom stereocenters. The topological polar surface area (TPSA) is 175 Å². The number of aliphatic carboxylic acids is 1. The summed E-state index contributed by atoms with van der Waals surface area (Å²) in [5.74, 6) is -3.47. The first-order valence-electron chi connectivity index (χ1n) is 25.8. The van der Waals surface area contributed by atoms with Crippen LogP contribution in [-0.4, -0.2) is 89.2 Å². The van der Waals surface area contributed by atoms with E-state index in [0.29, 0.717) is 25.7 Å². The van der Waals surface area contributed by atoms with Gasteiger partial charge >= 0.3 is 23.9 Å². The van der Waals surface area contributed by atoms with E-state index < -0.39 is 73.9 Å². The summed E-state index contributed by atoms with van der Waals surface area (Å²) in [4.78, 5) is 50.8. The van der Waals surface area contributed by atoms with Crippen molar-refractivity contribution < 1.29 is 58.2 Å². The van der Waals surface area contributed by atoms with Crippen LogP contribution < -0.4 is 0 Å². The molecule has 1 saturated heterocycles. The number of carbonyl (C=O) groups is 4. The molecule has 0 aromatic heterocycles. The molecule has 0 aliphatic carbocycles. The van der Waals surface area contributed by atoms with Crippen molar-refractivity contribution in [2.45, 2.75) is 186 Å². The van der Waals surface area contributed by atoms with Gasteiger partial charge in [-0.25, -0.2) is 4.79 Å². The Labute approximate surface area is 425 Å². The first kappa shape index (κ1) is 63.6. The van der Waals surface area contributed by atoms with Crippen LogP contribution in [0.1, 0.15) is 149 Å². The van der Waals surface area contributed by atoms with Gasteiger partial charge in [-0.2, -0.15) is 0 Å². The van der Waals surface area contributed by atoms with Gasteiger partial charge in [-0.05, 0) is 103 Å². The first-order valence-corrected chi connectivity index (χ1v) is 25.8. The Bertz CT molecular complexity index is 1790. The number of allylic oxidation sites excluding steroid dienone is 23.